The Balaban J connectivity index is 0.00000161. The summed E-state index contributed by atoms with van der Waals surface area (Å²) >= 11 is 6.48. The lowest BCUT2D eigenvalue weighted by atomic mass is 10.00. The maximum atomic E-state index is 6.48. The molecule has 0 aliphatic carbocycles. The highest BCUT2D eigenvalue weighted by Gasteiger charge is 2.18. The van der Waals surface area contributed by atoms with Crippen LogP contribution in [0.1, 0.15) is 11.1 Å². The van der Waals surface area contributed by atoms with Crippen LogP contribution in [-0.4, -0.2) is 25.1 Å². The molecule has 1 aromatic carbocycles. The number of benzene rings is 1. The monoisotopic (exact) mass is 323 g/mol. The third kappa shape index (κ3) is 3.31. The van der Waals surface area contributed by atoms with Gasteiger partial charge in [-0.25, -0.2) is 0 Å². The molecule has 112 valence electrons. The Bertz CT molecular complexity index is 602. The van der Waals surface area contributed by atoms with E-state index >= 15 is 0 Å². The van der Waals surface area contributed by atoms with Crippen molar-refractivity contribution >= 4 is 35.4 Å². The lowest BCUT2D eigenvalue weighted by Crippen LogP contribution is -2.17. The van der Waals surface area contributed by atoms with E-state index in [9.17, 15) is 0 Å². The summed E-state index contributed by atoms with van der Waals surface area (Å²) in [6.45, 7) is 2.04. The molecule has 0 amide bonds. The number of fused-ring (bicyclic) bond motifs is 1. The Morgan fingerprint density at radius 1 is 1.10 bits per heavy atom. The van der Waals surface area contributed by atoms with Crippen molar-refractivity contribution in [3.63, 3.8) is 0 Å². The van der Waals surface area contributed by atoms with Gasteiger partial charge in [0.2, 0.25) is 0 Å². The first-order valence-electron chi connectivity index (χ1n) is 6.92. The molecule has 1 aliphatic heterocycles. The molecule has 1 N–H and O–H groups in total. The zero-order valence-electron chi connectivity index (χ0n) is 12.0. The second-order valence-corrected chi connectivity index (χ2v) is 5.46. The van der Waals surface area contributed by atoms with E-state index in [4.69, 9.17) is 11.6 Å². The molecule has 3 nitrogen and oxygen atoms in total. The summed E-state index contributed by atoms with van der Waals surface area (Å²) in [4.78, 5) is 6.24. The number of halogens is 2. The van der Waals surface area contributed by atoms with Crippen LogP contribution in [0.15, 0.2) is 36.7 Å². The highest BCUT2D eigenvalue weighted by molar-refractivity contribution is 6.33. The molecule has 0 spiro atoms. The van der Waals surface area contributed by atoms with Gasteiger partial charge in [0.1, 0.15) is 0 Å². The Kier molecular flexibility index (Phi) is 5.45. The minimum absolute atomic E-state index is 0. The van der Waals surface area contributed by atoms with Gasteiger partial charge in [0.15, 0.2) is 0 Å². The second-order valence-electron chi connectivity index (χ2n) is 5.05. The SMILES string of the molecule is CN(c1ccncc1)c1c(Cl)ccc2c1CCNCC2.Cl. The van der Waals surface area contributed by atoms with E-state index in [2.05, 4.69) is 28.3 Å². The first-order chi connectivity index (χ1) is 9.77. The smallest absolute Gasteiger partial charge is 0.0646 e. The standard InChI is InChI=1S/C16H18ClN3.ClH/c1-20(13-5-9-19-10-6-13)16-14-7-11-18-8-4-12(14)2-3-15(16)17;/h2-3,5-6,9-10,18H,4,7-8,11H2,1H3;1H. The lowest BCUT2D eigenvalue weighted by Gasteiger charge is -2.25. The van der Waals surface area contributed by atoms with E-state index in [-0.39, 0.29) is 12.4 Å². The molecule has 21 heavy (non-hydrogen) atoms. The van der Waals surface area contributed by atoms with Crippen LogP contribution in [-0.2, 0) is 12.8 Å². The fourth-order valence-electron chi connectivity index (χ4n) is 2.78. The Hall–Kier alpha value is -1.29. The number of nitrogens with one attached hydrogen (secondary N) is 1. The third-order valence-electron chi connectivity index (χ3n) is 3.84. The molecule has 1 aromatic heterocycles. The molecule has 0 saturated carbocycles. The van der Waals surface area contributed by atoms with Crippen molar-refractivity contribution in [3.8, 4) is 0 Å². The molecule has 5 heteroatoms. The van der Waals surface area contributed by atoms with E-state index in [0.29, 0.717) is 0 Å². The van der Waals surface area contributed by atoms with Gasteiger partial charge < -0.3 is 10.2 Å². The molecular weight excluding hydrogens is 305 g/mol. The van der Waals surface area contributed by atoms with Gasteiger partial charge in [-0.15, -0.1) is 12.4 Å². The number of nitrogens with zero attached hydrogens (tertiary/aromatic N) is 2. The van der Waals surface area contributed by atoms with E-state index in [1.807, 2.05) is 30.6 Å². The first kappa shape index (κ1) is 16.1. The minimum Gasteiger partial charge on any atom is -0.343 e. The van der Waals surface area contributed by atoms with E-state index in [1.165, 1.54) is 11.1 Å². The Morgan fingerprint density at radius 3 is 2.57 bits per heavy atom. The van der Waals surface area contributed by atoms with Crippen molar-refractivity contribution < 1.29 is 0 Å². The predicted molar refractivity (Wildman–Crippen MR) is 91.3 cm³/mol. The quantitative estimate of drug-likeness (QED) is 0.915. The molecule has 0 radical (unpaired) electrons. The van der Waals surface area contributed by atoms with Crippen molar-refractivity contribution in [1.29, 1.82) is 0 Å². The van der Waals surface area contributed by atoms with Crippen LogP contribution in [0, 0.1) is 0 Å². The molecule has 0 atom stereocenters. The fraction of sp³-hybridized carbons (Fsp3) is 0.312. The van der Waals surface area contributed by atoms with Gasteiger partial charge in [0.25, 0.3) is 0 Å². The van der Waals surface area contributed by atoms with Gasteiger partial charge >= 0.3 is 0 Å². The zero-order chi connectivity index (χ0) is 13.9. The summed E-state index contributed by atoms with van der Waals surface area (Å²) < 4.78 is 0. The summed E-state index contributed by atoms with van der Waals surface area (Å²) in [6, 6.07) is 8.18. The van der Waals surface area contributed by atoms with Crippen molar-refractivity contribution in [1.82, 2.24) is 10.3 Å². The summed E-state index contributed by atoms with van der Waals surface area (Å²) in [7, 11) is 2.06. The van der Waals surface area contributed by atoms with Gasteiger partial charge in [-0.1, -0.05) is 17.7 Å². The number of hydrogen-bond acceptors (Lipinski definition) is 3. The molecule has 0 saturated heterocycles. The highest BCUT2D eigenvalue weighted by Crippen LogP contribution is 2.36. The first-order valence-corrected chi connectivity index (χ1v) is 7.30. The van der Waals surface area contributed by atoms with Crippen LogP contribution in [0.4, 0.5) is 11.4 Å². The number of aromatic nitrogens is 1. The summed E-state index contributed by atoms with van der Waals surface area (Å²) in [5.74, 6) is 0. The number of anilines is 2. The normalized spacial score (nSPS) is 13.8. The van der Waals surface area contributed by atoms with Gasteiger partial charge in [-0.2, -0.15) is 0 Å². The van der Waals surface area contributed by atoms with Crippen LogP contribution in [0.2, 0.25) is 5.02 Å². The molecule has 2 heterocycles. The number of pyridine rings is 1. The van der Waals surface area contributed by atoms with E-state index in [1.54, 1.807) is 0 Å². The largest absolute Gasteiger partial charge is 0.343 e. The maximum absolute atomic E-state index is 6.48. The summed E-state index contributed by atoms with van der Waals surface area (Å²) in [6.07, 6.45) is 5.69. The zero-order valence-corrected chi connectivity index (χ0v) is 13.5. The second kappa shape index (κ2) is 7.12. The van der Waals surface area contributed by atoms with E-state index in [0.717, 1.165) is 42.3 Å². The molecule has 2 aromatic rings. The lowest BCUT2D eigenvalue weighted by molar-refractivity contribution is 0.711. The van der Waals surface area contributed by atoms with Gasteiger partial charge in [0, 0.05) is 25.1 Å². The molecule has 0 bridgehead atoms. The van der Waals surface area contributed by atoms with Gasteiger partial charge in [0.05, 0.1) is 10.7 Å². The Labute approximate surface area is 136 Å². The van der Waals surface area contributed by atoms with Crippen molar-refractivity contribution in [2.75, 3.05) is 25.0 Å². The predicted octanol–water partition coefficient (Wildman–Crippen LogP) is 3.61. The average molecular weight is 324 g/mol. The Morgan fingerprint density at radius 2 is 1.81 bits per heavy atom. The fourth-order valence-corrected chi connectivity index (χ4v) is 3.09. The van der Waals surface area contributed by atoms with Crippen molar-refractivity contribution in [3.05, 3.63) is 52.8 Å². The van der Waals surface area contributed by atoms with Gasteiger partial charge in [-0.05, 0) is 55.3 Å². The highest BCUT2D eigenvalue weighted by atomic mass is 35.5. The number of hydrogen-bond donors (Lipinski definition) is 1. The topological polar surface area (TPSA) is 28.2 Å². The van der Waals surface area contributed by atoms with E-state index < -0.39 is 0 Å². The molecule has 1 aliphatic rings. The molecule has 0 fully saturated rings. The van der Waals surface area contributed by atoms with Crippen LogP contribution in [0.5, 0.6) is 0 Å². The van der Waals surface area contributed by atoms with Gasteiger partial charge in [-0.3, -0.25) is 4.98 Å². The molecule has 3 rings (SSSR count). The average Bonchev–Trinajstić information content (AvgIpc) is 2.73. The number of rotatable bonds is 2. The van der Waals surface area contributed by atoms with Crippen LogP contribution in [0.25, 0.3) is 0 Å². The third-order valence-corrected chi connectivity index (χ3v) is 4.14. The molecule has 0 unspecified atom stereocenters. The maximum Gasteiger partial charge on any atom is 0.0646 e. The minimum atomic E-state index is 0. The van der Waals surface area contributed by atoms with Crippen LogP contribution < -0.4 is 10.2 Å². The molecular formula is C16H19Cl2N3. The van der Waals surface area contributed by atoms with Crippen molar-refractivity contribution in [2.24, 2.45) is 0 Å². The summed E-state index contributed by atoms with van der Waals surface area (Å²) in [5, 5.41) is 4.26. The summed E-state index contributed by atoms with van der Waals surface area (Å²) in [5.41, 5.74) is 4.99. The van der Waals surface area contributed by atoms with Crippen LogP contribution >= 0.6 is 24.0 Å². The van der Waals surface area contributed by atoms with Crippen LogP contribution in [0.3, 0.4) is 0 Å². The van der Waals surface area contributed by atoms with Crippen molar-refractivity contribution in [2.45, 2.75) is 12.8 Å².